The number of hydrogen-bond donors (Lipinski definition) is 2. The highest BCUT2D eigenvalue weighted by Crippen LogP contribution is 2.18. The molecule has 0 aromatic carbocycles. The standard InChI is InChI=1S/C14H26N4S.HI/c1-5-6-7-8-16-14(15-4)17-9-12-10-19-13(18-12)11(2)3;/h10-11H,5-9H2,1-4H3,(H2,15,16,17);1H. The van der Waals surface area contributed by atoms with Gasteiger partial charge in [-0.05, 0) is 6.42 Å². The third-order valence-corrected chi connectivity index (χ3v) is 3.99. The summed E-state index contributed by atoms with van der Waals surface area (Å²) in [5.74, 6) is 1.36. The molecule has 0 amide bonds. The van der Waals surface area contributed by atoms with Crippen LogP contribution in [0.5, 0.6) is 0 Å². The average molecular weight is 410 g/mol. The fourth-order valence-electron chi connectivity index (χ4n) is 1.65. The molecule has 4 nitrogen and oxygen atoms in total. The number of rotatable bonds is 7. The number of thiazole rings is 1. The fourth-order valence-corrected chi connectivity index (χ4v) is 2.48. The minimum Gasteiger partial charge on any atom is -0.356 e. The van der Waals surface area contributed by atoms with Crippen molar-refractivity contribution in [1.82, 2.24) is 15.6 Å². The lowest BCUT2D eigenvalue weighted by Crippen LogP contribution is -2.37. The molecule has 0 spiro atoms. The summed E-state index contributed by atoms with van der Waals surface area (Å²) in [7, 11) is 1.80. The molecule has 0 bridgehead atoms. The van der Waals surface area contributed by atoms with Gasteiger partial charge in [-0.25, -0.2) is 4.98 Å². The maximum atomic E-state index is 4.60. The van der Waals surface area contributed by atoms with Crippen LogP contribution in [0.15, 0.2) is 10.4 Å². The molecule has 0 fully saturated rings. The second-order valence-electron chi connectivity index (χ2n) is 4.89. The van der Waals surface area contributed by atoms with Crippen LogP contribution >= 0.6 is 35.3 Å². The van der Waals surface area contributed by atoms with Crippen molar-refractivity contribution in [1.29, 1.82) is 0 Å². The molecule has 0 atom stereocenters. The van der Waals surface area contributed by atoms with Gasteiger partial charge in [-0.3, -0.25) is 4.99 Å². The normalized spacial score (nSPS) is 11.3. The SMILES string of the molecule is CCCCCNC(=NC)NCc1csc(C(C)C)n1.I. The molecule has 0 saturated heterocycles. The molecule has 2 N–H and O–H groups in total. The van der Waals surface area contributed by atoms with E-state index in [1.54, 1.807) is 18.4 Å². The van der Waals surface area contributed by atoms with Crippen LogP contribution in [0.1, 0.15) is 56.7 Å². The van der Waals surface area contributed by atoms with Crippen LogP contribution in [0.25, 0.3) is 0 Å². The molecule has 0 aliphatic rings. The van der Waals surface area contributed by atoms with E-state index in [0.717, 1.165) is 24.7 Å². The van der Waals surface area contributed by atoms with E-state index in [4.69, 9.17) is 0 Å². The summed E-state index contributed by atoms with van der Waals surface area (Å²) in [5, 5.41) is 9.93. The smallest absolute Gasteiger partial charge is 0.191 e. The Morgan fingerprint density at radius 1 is 1.35 bits per heavy atom. The molecular weight excluding hydrogens is 383 g/mol. The monoisotopic (exact) mass is 410 g/mol. The molecule has 0 aliphatic carbocycles. The van der Waals surface area contributed by atoms with Crippen molar-refractivity contribution >= 4 is 41.3 Å². The predicted molar refractivity (Wildman–Crippen MR) is 99.3 cm³/mol. The van der Waals surface area contributed by atoms with Gasteiger partial charge >= 0.3 is 0 Å². The number of aromatic nitrogens is 1. The third kappa shape index (κ3) is 7.42. The number of aliphatic imine (C=N–C) groups is 1. The van der Waals surface area contributed by atoms with Crippen LogP contribution < -0.4 is 10.6 Å². The van der Waals surface area contributed by atoms with Crippen LogP contribution in [0.3, 0.4) is 0 Å². The van der Waals surface area contributed by atoms with Crippen molar-refractivity contribution in [2.45, 2.75) is 52.5 Å². The Bertz CT molecular complexity index is 390. The molecule has 116 valence electrons. The second kappa shape index (κ2) is 11.3. The van der Waals surface area contributed by atoms with Gasteiger partial charge in [-0.2, -0.15) is 0 Å². The van der Waals surface area contributed by atoms with Gasteiger partial charge in [0.25, 0.3) is 0 Å². The Morgan fingerprint density at radius 3 is 2.65 bits per heavy atom. The van der Waals surface area contributed by atoms with Gasteiger partial charge in [0.05, 0.1) is 17.2 Å². The molecule has 0 radical (unpaired) electrons. The number of guanidine groups is 1. The summed E-state index contributed by atoms with van der Waals surface area (Å²) >= 11 is 1.73. The van der Waals surface area contributed by atoms with Crippen LogP contribution in [0, 0.1) is 0 Å². The van der Waals surface area contributed by atoms with Gasteiger partial charge < -0.3 is 10.6 Å². The quantitative estimate of drug-likeness (QED) is 0.312. The Hall–Kier alpha value is -0.370. The third-order valence-electron chi connectivity index (χ3n) is 2.80. The summed E-state index contributed by atoms with van der Waals surface area (Å²) in [6.45, 7) is 8.26. The van der Waals surface area contributed by atoms with Gasteiger partial charge in [0.2, 0.25) is 0 Å². The first-order valence-electron chi connectivity index (χ1n) is 7.06. The summed E-state index contributed by atoms with van der Waals surface area (Å²) in [6.07, 6.45) is 3.68. The van der Waals surface area contributed by atoms with E-state index in [1.807, 2.05) is 0 Å². The van der Waals surface area contributed by atoms with Gasteiger partial charge in [-0.15, -0.1) is 35.3 Å². The highest BCUT2D eigenvalue weighted by atomic mass is 127. The predicted octanol–water partition coefficient (Wildman–Crippen LogP) is 3.74. The van der Waals surface area contributed by atoms with Crippen molar-refractivity contribution in [2.75, 3.05) is 13.6 Å². The number of hydrogen-bond acceptors (Lipinski definition) is 3. The van der Waals surface area contributed by atoms with Crippen LogP contribution in [-0.2, 0) is 6.54 Å². The van der Waals surface area contributed by atoms with E-state index < -0.39 is 0 Å². The molecule has 1 aromatic heterocycles. The van der Waals surface area contributed by atoms with E-state index in [0.29, 0.717) is 5.92 Å². The first kappa shape index (κ1) is 19.6. The van der Waals surface area contributed by atoms with Crippen LogP contribution in [-0.4, -0.2) is 24.5 Å². The summed E-state index contributed by atoms with van der Waals surface area (Å²) in [6, 6.07) is 0. The van der Waals surface area contributed by atoms with Gasteiger partial charge in [-0.1, -0.05) is 33.6 Å². The molecule has 1 aromatic rings. The topological polar surface area (TPSA) is 49.3 Å². The van der Waals surface area contributed by atoms with E-state index in [2.05, 4.69) is 46.8 Å². The Labute approximate surface area is 143 Å². The maximum Gasteiger partial charge on any atom is 0.191 e. The van der Waals surface area contributed by atoms with Crippen molar-refractivity contribution in [3.8, 4) is 0 Å². The maximum absolute atomic E-state index is 4.60. The molecule has 6 heteroatoms. The molecule has 0 unspecified atom stereocenters. The molecule has 1 rings (SSSR count). The van der Waals surface area contributed by atoms with Crippen LogP contribution in [0.2, 0.25) is 0 Å². The zero-order valence-corrected chi connectivity index (χ0v) is 16.0. The second-order valence-corrected chi connectivity index (χ2v) is 5.78. The first-order valence-corrected chi connectivity index (χ1v) is 7.94. The fraction of sp³-hybridized carbons (Fsp3) is 0.714. The largest absolute Gasteiger partial charge is 0.356 e. The van der Waals surface area contributed by atoms with Gasteiger partial charge in [0, 0.05) is 24.9 Å². The summed E-state index contributed by atoms with van der Waals surface area (Å²) in [5.41, 5.74) is 1.09. The number of nitrogens with one attached hydrogen (secondary N) is 2. The van der Waals surface area contributed by atoms with E-state index in [9.17, 15) is 0 Å². The summed E-state index contributed by atoms with van der Waals surface area (Å²) in [4.78, 5) is 8.81. The highest BCUT2D eigenvalue weighted by Gasteiger charge is 2.06. The van der Waals surface area contributed by atoms with Crippen molar-refractivity contribution < 1.29 is 0 Å². The minimum absolute atomic E-state index is 0. The molecular formula is C14H27IN4S. The van der Waals surface area contributed by atoms with Gasteiger partial charge in [0.15, 0.2) is 5.96 Å². The van der Waals surface area contributed by atoms with E-state index in [1.165, 1.54) is 24.3 Å². The number of nitrogens with zero attached hydrogens (tertiary/aromatic N) is 2. The zero-order valence-electron chi connectivity index (χ0n) is 12.9. The Morgan fingerprint density at radius 2 is 2.10 bits per heavy atom. The van der Waals surface area contributed by atoms with Gasteiger partial charge in [0.1, 0.15) is 0 Å². The highest BCUT2D eigenvalue weighted by molar-refractivity contribution is 14.0. The lowest BCUT2D eigenvalue weighted by molar-refractivity contribution is 0.681. The van der Waals surface area contributed by atoms with Crippen molar-refractivity contribution in [3.05, 3.63) is 16.1 Å². The average Bonchev–Trinajstić information content (AvgIpc) is 2.87. The van der Waals surface area contributed by atoms with E-state index >= 15 is 0 Å². The molecule has 20 heavy (non-hydrogen) atoms. The van der Waals surface area contributed by atoms with Crippen molar-refractivity contribution in [3.63, 3.8) is 0 Å². The Balaban J connectivity index is 0.00000361. The Kier molecular flexibility index (Phi) is 11.1. The van der Waals surface area contributed by atoms with Crippen molar-refractivity contribution in [2.24, 2.45) is 4.99 Å². The number of unbranched alkanes of at least 4 members (excludes halogenated alkanes) is 2. The molecule has 1 heterocycles. The summed E-state index contributed by atoms with van der Waals surface area (Å²) < 4.78 is 0. The molecule has 0 saturated carbocycles. The minimum atomic E-state index is 0. The first-order chi connectivity index (χ1) is 9.17. The zero-order chi connectivity index (χ0) is 14.1. The molecule has 0 aliphatic heterocycles. The van der Waals surface area contributed by atoms with Crippen LogP contribution in [0.4, 0.5) is 0 Å². The number of halogens is 1. The lowest BCUT2D eigenvalue weighted by atomic mass is 10.2. The lowest BCUT2D eigenvalue weighted by Gasteiger charge is -2.10. The van der Waals surface area contributed by atoms with E-state index in [-0.39, 0.29) is 24.0 Å².